The summed E-state index contributed by atoms with van der Waals surface area (Å²) in [6, 6.07) is 6.27. The van der Waals surface area contributed by atoms with Gasteiger partial charge in [0.2, 0.25) is 5.95 Å². The highest BCUT2D eigenvalue weighted by Gasteiger charge is 2.28. The van der Waals surface area contributed by atoms with Crippen LogP contribution >= 0.6 is 0 Å². The van der Waals surface area contributed by atoms with Crippen LogP contribution in [0.1, 0.15) is 47.2 Å². The van der Waals surface area contributed by atoms with Crippen molar-refractivity contribution in [3.63, 3.8) is 0 Å². The van der Waals surface area contributed by atoms with E-state index in [9.17, 15) is 10.1 Å². The zero-order chi connectivity index (χ0) is 23.8. The van der Waals surface area contributed by atoms with E-state index in [4.69, 9.17) is 14.5 Å². The summed E-state index contributed by atoms with van der Waals surface area (Å²) in [5.41, 5.74) is 3.41. The topological polar surface area (TPSA) is 128 Å². The summed E-state index contributed by atoms with van der Waals surface area (Å²) < 4.78 is 11.3. The fourth-order valence-corrected chi connectivity index (χ4v) is 5.20. The minimum atomic E-state index is 0.0118. The Morgan fingerprint density at radius 2 is 2.00 bits per heavy atom. The van der Waals surface area contributed by atoms with Crippen molar-refractivity contribution in [1.29, 1.82) is 5.26 Å². The summed E-state index contributed by atoms with van der Waals surface area (Å²) in [7, 11) is 0. The molecule has 2 aromatic heterocycles. The average molecular weight is 474 g/mol. The van der Waals surface area contributed by atoms with Crippen LogP contribution in [0.15, 0.2) is 18.3 Å². The Morgan fingerprint density at radius 3 is 2.80 bits per heavy atom. The van der Waals surface area contributed by atoms with Crippen molar-refractivity contribution in [2.24, 2.45) is 0 Å². The molecule has 2 aliphatic heterocycles. The number of amides is 1. The molecular weight excluding hydrogens is 446 g/mol. The molecule has 1 aromatic carbocycles. The lowest BCUT2D eigenvalue weighted by Gasteiger charge is -2.27. The zero-order valence-corrected chi connectivity index (χ0v) is 19.4. The summed E-state index contributed by atoms with van der Waals surface area (Å²) in [5.74, 6) is 1.73. The van der Waals surface area contributed by atoms with Gasteiger partial charge in [0.15, 0.2) is 0 Å². The van der Waals surface area contributed by atoms with Gasteiger partial charge >= 0.3 is 0 Å². The first-order valence-corrected chi connectivity index (χ1v) is 12.2. The van der Waals surface area contributed by atoms with Crippen LogP contribution in [0.5, 0.6) is 5.75 Å². The number of aromatic amines is 1. The Morgan fingerprint density at radius 1 is 1.17 bits per heavy atom. The zero-order valence-electron chi connectivity index (χ0n) is 19.4. The van der Waals surface area contributed by atoms with Gasteiger partial charge in [0, 0.05) is 42.9 Å². The summed E-state index contributed by atoms with van der Waals surface area (Å²) >= 11 is 0. The first-order valence-electron chi connectivity index (χ1n) is 12.2. The van der Waals surface area contributed by atoms with Crippen LogP contribution in [0, 0.1) is 11.3 Å². The van der Waals surface area contributed by atoms with Gasteiger partial charge in [-0.25, -0.2) is 0 Å². The lowest BCUT2D eigenvalue weighted by atomic mass is 10.0. The number of morpholine rings is 1. The van der Waals surface area contributed by atoms with E-state index in [2.05, 4.69) is 26.7 Å². The van der Waals surface area contributed by atoms with Crippen LogP contribution in [-0.2, 0) is 11.2 Å². The molecule has 1 amide bonds. The number of anilines is 3. The number of aromatic nitrogens is 3. The quantitative estimate of drug-likeness (QED) is 0.515. The van der Waals surface area contributed by atoms with Crippen molar-refractivity contribution in [1.82, 2.24) is 19.9 Å². The molecule has 6 rings (SSSR count). The number of fused-ring (bicyclic) bond motifs is 2. The molecule has 10 nitrogen and oxygen atoms in total. The summed E-state index contributed by atoms with van der Waals surface area (Å²) in [5, 5.41) is 17.1. The minimum absolute atomic E-state index is 0.0118. The third-order valence-electron chi connectivity index (χ3n) is 6.98. The third kappa shape index (κ3) is 4.02. The molecule has 0 atom stereocenters. The van der Waals surface area contributed by atoms with Gasteiger partial charge in [0.1, 0.15) is 23.3 Å². The number of H-pyrrole nitrogens is 1. The Kier molecular flexibility index (Phi) is 5.62. The van der Waals surface area contributed by atoms with Crippen molar-refractivity contribution in [2.75, 3.05) is 43.5 Å². The first-order chi connectivity index (χ1) is 17.2. The van der Waals surface area contributed by atoms with Gasteiger partial charge in [-0.05, 0) is 25.0 Å². The van der Waals surface area contributed by atoms with Gasteiger partial charge < -0.3 is 30.0 Å². The van der Waals surface area contributed by atoms with Gasteiger partial charge in [-0.3, -0.25) is 4.79 Å². The van der Waals surface area contributed by atoms with E-state index in [1.165, 1.54) is 12.8 Å². The van der Waals surface area contributed by atoms with E-state index < -0.39 is 0 Å². The third-order valence-corrected chi connectivity index (χ3v) is 6.98. The molecule has 3 aliphatic rings. The van der Waals surface area contributed by atoms with Gasteiger partial charge in [-0.2, -0.15) is 15.2 Å². The molecule has 0 bridgehead atoms. The number of hydrogen-bond acceptors (Lipinski definition) is 8. The number of ether oxygens (including phenoxy) is 2. The number of nitriles is 1. The molecule has 1 aliphatic carbocycles. The summed E-state index contributed by atoms with van der Waals surface area (Å²) in [6.45, 7) is 2.84. The molecule has 0 radical (unpaired) electrons. The van der Waals surface area contributed by atoms with Gasteiger partial charge in [-0.1, -0.05) is 12.8 Å². The molecular formula is C25H27N7O3. The van der Waals surface area contributed by atoms with Gasteiger partial charge in [-0.15, -0.1) is 0 Å². The first kappa shape index (κ1) is 21.7. The highest BCUT2D eigenvalue weighted by molar-refractivity contribution is 5.98. The van der Waals surface area contributed by atoms with E-state index in [-0.39, 0.29) is 5.91 Å². The molecule has 4 heterocycles. The molecule has 1 saturated carbocycles. The maximum atomic E-state index is 13.1. The van der Waals surface area contributed by atoms with Crippen LogP contribution in [0.25, 0.3) is 11.0 Å². The second-order valence-corrected chi connectivity index (χ2v) is 9.16. The number of nitrogens with one attached hydrogen (secondary N) is 3. The van der Waals surface area contributed by atoms with E-state index in [0.29, 0.717) is 90.7 Å². The van der Waals surface area contributed by atoms with E-state index in [0.717, 1.165) is 18.4 Å². The highest BCUT2D eigenvalue weighted by Crippen LogP contribution is 2.38. The number of carbonyl (C=O) groups excluding carboxylic acids is 1. The standard InChI is InChI=1S/C25H27N7O3/c26-13-15-14-27-22-20(15)23(28-16-3-1-2-4-16)31-25(30-22)29-19-6-5-18(17-7-10-35-21(17)19)24(33)32-8-11-34-12-9-32/h5-6,14,16H,1-4,7-12H2,(H3,27,28,29,30,31). The maximum Gasteiger partial charge on any atom is 0.254 e. The van der Waals surface area contributed by atoms with Crippen LogP contribution < -0.4 is 15.4 Å². The molecule has 35 heavy (non-hydrogen) atoms. The van der Waals surface area contributed by atoms with E-state index in [1.54, 1.807) is 6.20 Å². The van der Waals surface area contributed by atoms with Gasteiger partial charge in [0.05, 0.1) is 36.5 Å². The number of hydrogen-bond donors (Lipinski definition) is 3. The van der Waals surface area contributed by atoms with Crippen molar-refractivity contribution in [3.8, 4) is 11.8 Å². The Bertz CT molecular complexity index is 1320. The second kappa shape index (κ2) is 9.07. The molecule has 2 fully saturated rings. The minimum Gasteiger partial charge on any atom is -0.491 e. The Labute approximate surface area is 202 Å². The van der Waals surface area contributed by atoms with Crippen molar-refractivity contribution in [3.05, 3.63) is 35.0 Å². The summed E-state index contributed by atoms with van der Waals surface area (Å²) in [6.07, 6.45) is 6.88. The molecule has 1 saturated heterocycles. The van der Waals surface area contributed by atoms with E-state index >= 15 is 0 Å². The van der Waals surface area contributed by atoms with Crippen molar-refractivity contribution in [2.45, 2.75) is 38.1 Å². The number of benzene rings is 1. The number of nitrogens with zero attached hydrogens (tertiary/aromatic N) is 4. The molecule has 180 valence electrons. The van der Waals surface area contributed by atoms with Crippen LogP contribution in [0.4, 0.5) is 17.5 Å². The molecule has 3 N–H and O–H groups in total. The molecule has 0 unspecified atom stereocenters. The van der Waals surface area contributed by atoms with Crippen LogP contribution in [-0.4, -0.2) is 64.7 Å². The SMILES string of the molecule is N#Cc1c[nH]c2nc(Nc3ccc(C(=O)N4CCOCC4)c4c3OCC4)nc(NC3CCCC3)c12. The smallest absolute Gasteiger partial charge is 0.254 e. The second-order valence-electron chi connectivity index (χ2n) is 9.16. The predicted octanol–water partition coefficient (Wildman–Crippen LogP) is 3.33. The Hall–Kier alpha value is -3.84. The van der Waals surface area contributed by atoms with E-state index in [1.807, 2.05) is 17.0 Å². The predicted molar refractivity (Wildman–Crippen MR) is 130 cm³/mol. The largest absolute Gasteiger partial charge is 0.491 e. The fraction of sp³-hybridized carbons (Fsp3) is 0.440. The maximum absolute atomic E-state index is 13.1. The van der Waals surface area contributed by atoms with Crippen LogP contribution in [0.2, 0.25) is 0 Å². The lowest BCUT2D eigenvalue weighted by Crippen LogP contribution is -2.41. The average Bonchev–Trinajstić information content (AvgIpc) is 3.65. The van der Waals surface area contributed by atoms with Crippen molar-refractivity contribution >= 4 is 34.4 Å². The molecule has 0 spiro atoms. The molecule has 3 aromatic rings. The van der Waals surface area contributed by atoms with Crippen LogP contribution in [0.3, 0.4) is 0 Å². The van der Waals surface area contributed by atoms with Crippen molar-refractivity contribution < 1.29 is 14.3 Å². The van der Waals surface area contributed by atoms with Gasteiger partial charge in [0.25, 0.3) is 5.91 Å². The Balaban J connectivity index is 1.33. The lowest BCUT2D eigenvalue weighted by molar-refractivity contribution is 0.0302. The molecule has 10 heteroatoms. The fourth-order valence-electron chi connectivity index (χ4n) is 5.20. The highest BCUT2D eigenvalue weighted by atomic mass is 16.5. The summed E-state index contributed by atoms with van der Waals surface area (Å²) in [4.78, 5) is 27.4. The number of rotatable bonds is 5. The monoisotopic (exact) mass is 473 g/mol. The number of carbonyl (C=O) groups is 1. The normalized spacial score (nSPS) is 17.7.